The van der Waals surface area contributed by atoms with Gasteiger partial charge in [-0.2, -0.15) is 0 Å². The Morgan fingerprint density at radius 3 is 0.800 bits per heavy atom. The smallest absolute Gasteiger partial charge is 0.273 e. The summed E-state index contributed by atoms with van der Waals surface area (Å²) in [6, 6.07) is 21.7. The summed E-state index contributed by atoms with van der Waals surface area (Å²) in [6.45, 7) is -0.381. The third-order valence-corrected chi connectivity index (χ3v) is 22.2. The van der Waals surface area contributed by atoms with E-state index in [0.29, 0.717) is 25.7 Å². The van der Waals surface area contributed by atoms with Crippen LogP contribution in [0.5, 0.6) is 0 Å². The minimum Gasteiger partial charge on any atom is -0.347 e. The Labute approximate surface area is 678 Å². The molecular weight excluding hydrogens is 1560 g/mol. The molecular formula is C80H72N22O18. The fraction of sp³-hybridized carbons (Fsp3) is 0.300. The average Bonchev–Trinajstić information content (AvgIpc) is 1.14. The van der Waals surface area contributed by atoms with Crippen LogP contribution in [0, 0.1) is 20.2 Å². The monoisotopic (exact) mass is 1630 g/mol. The molecule has 2 aromatic carbocycles. The average molecular weight is 1630 g/mol. The fourth-order valence-electron chi connectivity index (χ4n) is 16.5. The number of hydrogen-bond donors (Lipinski definition) is 8. The molecule has 8 aromatic rings. The number of aromatic nitrogens is 6. The maximum Gasteiger partial charge on any atom is 0.273 e. The number of benzene rings is 2. The molecule has 12 bridgehead atoms. The zero-order valence-corrected chi connectivity index (χ0v) is 63.4. The van der Waals surface area contributed by atoms with Crippen molar-refractivity contribution in [2.75, 3.05) is 71.2 Å². The van der Waals surface area contributed by atoms with Crippen molar-refractivity contribution in [2.24, 2.45) is 0 Å². The number of fused-ring (bicyclic) bond motifs is 18. The van der Waals surface area contributed by atoms with E-state index in [2.05, 4.69) is 72.4 Å². The van der Waals surface area contributed by atoms with Gasteiger partial charge in [-0.3, -0.25) is 87.4 Å². The summed E-state index contributed by atoms with van der Waals surface area (Å²) in [5, 5.41) is 47.0. The minimum atomic E-state index is -1.52. The van der Waals surface area contributed by atoms with Gasteiger partial charge in [0.15, 0.2) is 0 Å². The van der Waals surface area contributed by atoms with Crippen molar-refractivity contribution < 1.29 is 77.0 Å². The highest BCUT2D eigenvalue weighted by Gasteiger charge is 2.46. The fourth-order valence-corrected chi connectivity index (χ4v) is 16.5. The summed E-state index contributed by atoms with van der Waals surface area (Å²) in [5.41, 5.74) is -3.92. The van der Waals surface area contributed by atoms with Crippen LogP contribution in [0.3, 0.4) is 0 Å². The zero-order chi connectivity index (χ0) is 83.9. The molecule has 0 aliphatic carbocycles. The first-order valence-electron chi connectivity index (χ1n) is 38.6. The van der Waals surface area contributed by atoms with Gasteiger partial charge in [-0.1, -0.05) is 36.4 Å². The molecule has 6 aromatic heterocycles. The topological polar surface area (TPSA) is 518 Å². The lowest BCUT2D eigenvalue weighted by Crippen LogP contribution is -2.45. The molecule has 40 heteroatoms. The predicted octanol–water partition coefficient (Wildman–Crippen LogP) is 4.44. The van der Waals surface area contributed by atoms with E-state index in [4.69, 9.17) is 0 Å². The Hall–Kier alpha value is -15.3. The van der Waals surface area contributed by atoms with Gasteiger partial charge in [0.25, 0.3) is 58.6 Å². The molecule has 120 heavy (non-hydrogen) atoms. The standard InChI is InChI=1S/C80H72N22O18/c103-67(81-41-35-59-73(109)93-65-25-3-13-51(85-65)77(113)97-33-7-17-55(97)69(105)89-61-21-1-11-49(83-61)75(111)95-31-9-19-57(95)71(107)91-63-23-5-15-53(87-63)79(115)99(59)39-41)47-37-43(101(117)118)27-29-45(47)46-30-28-44(102(119)120)38-48(46)68(104)82-42-36-60-74(110)94-66-26-4-14-52(86-66)78(114)98-34-8-18-56(98)70(106)90-62-22-2-12-50(84-62)76(112)96-32-10-20-58(96)72(108)92-64-24-6-16-54(88-64)80(116)100(60)40-42/h1-6,11-16,21-30,37-38,41-42,55-60H,7-10,17-20,31-36,39-40H2,(H,81,103)(H,82,104)(H,83,89,105)(H,84,90,106)(H,85,93,109)(H,86,94,110)(H,87,91,107)(H,88,92,108)/t41-,42-,55+,56+,57+,58+,59+,60+/m1/s1. The van der Waals surface area contributed by atoms with Crippen molar-refractivity contribution in [3.63, 3.8) is 0 Å². The highest BCUT2D eigenvalue weighted by atomic mass is 16.6. The lowest BCUT2D eigenvalue weighted by atomic mass is 9.93. The van der Waals surface area contributed by atoms with E-state index in [0.717, 1.165) is 46.2 Å². The number of anilines is 6. The van der Waals surface area contributed by atoms with Crippen LogP contribution in [-0.2, 0) is 28.8 Å². The second kappa shape index (κ2) is 32.8. The van der Waals surface area contributed by atoms with Gasteiger partial charge in [-0.25, -0.2) is 29.9 Å². The zero-order valence-electron chi connectivity index (χ0n) is 63.4. The van der Waals surface area contributed by atoms with Gasteiger partial charge >= 0.3 is 0 Å². The van der Waals surface area contributed by atoms with E-state index in [1.807, 2.05) is 0 Å². The molecule has 8 atom stereocenters. The van der Waals surface area contributed by atoms with Crippen molar-refractivity contribution >= 4 is 129 Å². The van der Waals surface area contributed by atoms with Crippen LogP contribution < -0.4 is 42.5 Å². The highest BCUT2D eigenvalue weighted by molar-refractivity contribution is 6.10. The van der Waals surface area contributed by atoms with E-state index < -0.39 is 189 Å². The van der Waals surface area contributed by atoms with Crippen LogP contribution in [0.1, 0.15) is 148 Å². The summed E-state index contributed by atoms with van der Waals surface area (Å²) < 4.78 is 0. The van der Waals surface area contributed by atoms with E-state index in [1.165, 1.54) is 129 Å². The van der Waals surface area contributed by atoms with Crippen LogP contribution in [-0.4, -0.2) is 239 Å². The normalized spacial score (nSPS) is 22.3. The van der Waals surface area contributed by atoms with Gasteiger partial charge < -0.3 is 71.9 Å². The Morgan fingerprint density at radius 1 is 0.325 bits per heavy atom. The first-order chi connectivity index (χ1) is 57.9. The van der Waals surface area contributed by atoms with Gasteiger partial charge in [0.1, 0.15) is 105 Å². The Balaban J connectivity index is 0.691. The third-order valence-electron chi connectivity index (χ3n) is 22.2. The molecule has 6 fully saturated rings. The molecule has 16 rings (SSSR count). The number of pyridine rings is 6. The quantitative estimate of drug-likeness (QED) is 0.0807. The second-order valence-electron chi connectivity index (χ2n) is 29.7. The van der Waals surface area contributed by atoms with E-state index in [1.54, 1.807) is 0 Å². The van der Waals surface area contributed by atoms with Gasteiger partial charge in [0.05, 0.1) is 21.0 Å². The van der Waals surface area contributed by atoms with Crippen LogP contribution in [0.4, 0.5) is 46.3 Å². The molecule has 40 nitrogen and oxygen atoms in total. The largest absolute Gasteiger partial charge is 0.347 e. The minimum absolute atomic E-state index is 0.00846. The number of carbonyl (C=O) groups is 14. The maximum atomic E-state index is 15.3. The Bertz CT molecular complexity index is 5370. The molecule has 0 radical (unpaired) electrons. The number of amides is 14. The van der Waals surface area contributed by atoms with Crippen molar-refractivity contribution in [3.05, 3.63) is 211 Å². The van der Waals surface area contributed by atoms with E-state index >= 15 is 19.2 Å². The molecule has 8 aliphatic rings. The number of nitro groups is 2. The molecule has 0 spiro atoms. The van der Waals surface area contributed by atoms with Crippen molar-refractivity contribution in [3.8, 4) is 11.1 Å². The van der Waals surface area contributed by atoms with Crippen molar-refractivity contribution in [1.29, 1.82) is 0 Å². The summed E-state index contributed by atoms with van der Waals surface area (Å²) in [5.74, 6) is -11.6. The Kier molecular flexibility index (Phi) is 21.5. The summed E-state index contributed by atoms with van der Waals surface area (Å²) >= 11 is 0. The molecule has 8 N–H and O–H groups in total. The highest BCUT2D eigenvalue weighted by Crippen LogP contribution is 2.36. The van der Waals surface area contributed by atoms with Gasteiger partial charge in [0.2, 0.25) is 35.4 Å². The van der Waals surface area contributed by atoms with E-state index in [-0.39, 0.29) is 132 Å². The molecule has 14 heterocycles. The van der Waals surface area contributed by atoms with E-state index in [9.17, 15) is 68.2 Å². The molecule has 0 saturated carbocycles. The lowest BCUT2D eigenvalue weighted by molar-refractivity contribution is -0.385. The molecule has 6 saturated heterocycles. The summed E-state index contributed by atoms with van der Waals surface area (Å²) in [4.78, 5) is 261. The first kappa shape index (κ1) is 78.6. The van der Waals surface area contributed by atoms with Gasteiger partial charge in [-0.05, 0) is 160 Å². The second-order valence-corrected chi connectivity index (χ2v) is 29.7. The number of nitrogens with one attached hydrogen (secondary N) is 8. The third kappa shape index (κ3) is 15.9. The van der Waals surface area contributed by atoms with Crippen LogP contribution >= 0.6 is 0 Å². The molecule has 8 aliphatic heterocycles. The number of non-ortho nitro benzene ring substituents is 2. The van der Waals surface area contributed by atoms with Crippen molar-refractivity contribution in [1.82, 2.24) is 69.9 Å². The number of hydrogen-bond acceptors (Lipinski definition) is 24. The Morgan fingerprint density at radius 2 is 0.558 bits per heavy atom. The first-order valence-corrected chi connectivity index (χ1v) is 38.6. The predicted molar refractivity (Wildman–Crippen MR) is 420 cm³/mol. The maximum absolute atomic E-state index is 15.3. The number of nitrogens with zero attached hydrogens (tertiary/aromatic N) is 14. The number of carbonyl (C=O) groups excluding carboxylic acids is 14. The van der Waals surface area contributed by atoms with Gasteiger partial charge in [0, 0.05) is 75.6 Å². The van der Waals surface area contributed by atoms with Crippen molar-refractivity contribution in [2.45, 2.75) is 113 Å². The molecule has 610 valence electrons. The number of rotatable bonds is 7. The lowest BCUT2D eigenvalue weighted by Gasteiger charge is -2.25. The van der Waals surface area contributed by atoms with Crippen LogP contribution in [0.25, 0.3) is 11.1 Å². The SMILES string of the molecule is O=C(N[C@@H]1C[C@H]2C(=O)Nc3cccc(n3)C(=O)N3CCC[C@H]3C(=O)Nc3cccc(n3)C(=O)N3CCC[C@H]3C(=O)Nc3cccc(n3)C(=O)N2C1)c1cc([N+](=O)[O-])ccc1-c1ccc([N+](=O)[O-])cc1C(=O)N[C@@H]1C[C@H]2C(=O)Nc3cccc(n3)C(=O)N3CCC[C@H]3C(=O)Nc3cccc(n3)C(=O)N3CCC[C@H]3C(=O)Nc3cccc(n3)C(=O)N2C1. The van der Waals surface area contributed by atoms with Crippen LogP contribution in [0.15, 0.2) is 146 Å². The van der Waals surface area contributed by atoms with Gasteiger partial charge in [-0.15, -0.1) is 0 Å². The summed E-state index contributed by atoms with van der Waals surface area (Å²) in [6.07, 6.45) is 1.82. The van der Waals surface area contributed by atoms with Crippen LogP contribution in [0.2, 0.25) is 0 Å². The molecule has 0 unspecified atom stereocenters. The summed E-state index contributed by atoms with van der Waals surface area (Å²) in [7, 11) is 0. The number of nitro benzene ring substituents is 2. The molecule has 14 amide bonds.